The Morgan fingerprint density at radius 3 is 2.63 bits per heavy atom. The molecule has 0 saturated heterocycles. The molecule has 1 atom stereocenters. The van der Waals surface area contributed by atoms with Crippen molar-refractivity contribution in [2.24, 2.45) is 0 Å². The van der Waals surface area contributed by atoms with Gasteiger partial charge in [0.15, 0.2) is 0 Å². The smallest absolute Gasteiger partial charge is 0.326 e. The number of urea groups is 1. The first-order chi connectivity index (χ1) is 8.93. The number of rotatable bonds is 5. The van der Waals surface area contributed by atoms with Crippen LogP contribution in [0.25, 0.3) is 0 Å². The first-order valence-corrected chi connectivity index (χ1v) is 6.79. The Labute approximate surface area is 120 Å². The molecule has 5 nitrogen and oxygen atoms in total. The topological polar surface area (TPSA) is 78.4 Å². The minimum absolute atomic E-state index is 0.405. The molecular formula is C13H17BrN2O3. The van der Waals surface area contributed by atoms with Crippen LogP contribution in [0, 0.1) is 6.92 Å². The van der Waals surface area contributed by atoms with Gasteiger partial charge in [-0.15, -0.1) is 0 Å². The first-order valence-electron chi connectivity index (χ1n) is 6.00. The van der Waals surface area contributed by atoms with Crippen molar-refractivity contribution in [1.82, 2.24) is 5.32 Å². The third-order valence-corrected chi connectivity index (χ3v) is 3.49. The number of nitrogens with one attached hydrogen (secondary N) is 2. The van der Waals surface area contributed by atoms with Crippen LogP contribution in [0.15, 0.2) is 22.7 Å². The van der Waals surface area contributed by atoms with Crippen LogP contribution in [-0.4, -0.2) is 23.1 Å². The molecule has 1 rings (SSSR count). The molecule has 6 heteroatoms. The predicted molar refractivity (Wildman–Crippen MR) is 77.4 cm³/mol. The molecule has 19 heavy (non-hydrogen) atoms. The number of carboxylic acid groups (broad SMARTS) is 1. The lowest BCUT2D eigenvalue weighted by molar-refractivity contribution is -0.139. The summed E-state index contributed by atoms with van der Waals surface area (Å²) >= 11 is 3.37. The second-order valence-corrected chi connectivity index (χ2v) is 5.10. The highest BCUT2D eigenvalue weighted by Crippen LogP contribution is 2.19. The molecule has 0 bridgehead atoms. The monoisotopic (exact) mass is 328 g/mol. The van der Waals surface area contributed by atoms with Gasteiger partial charge in [-0.1, -0.05) is 29.3 Å². The highest BCUT2D eigenvalue weighted by Gasteiger charge is 2.18. The van der Waals surface area contributed by atoms with Crippen molar-refractivity contribution < 1.29 is 14.7 Å². The molecular weight excluding hydrogens is 312 g/mol. The van der Waals surface area contributed by atoms with Crippen LogP contribution in [0.3, 0.4) is 0 Å². The Hall–Kier alpha value is -1.56. The average molecular weight is 329 g/mol. The van der Waals surface area contributed by atoms with Crippen LogP contribution < -0.4 is 10.6 Å². The fourth-order valence-corrected chi connectivity index (χ4v) is 1.84. The second-order valence-electron chi connectivity index (χ2n) is 4.24. The summed E-state index contributed by atoms with van der Waals surface area (Å²) in [6.45, 7) is 3.78. The quantitative estimate of drug-likeness (QED) is 0.776. The Balaban J connectivity index is 2.63. The number of amides is 2. The van der Waals surface area contributed by atoms with Gasteiger partial charge in [0.1, 0.15) is 6.04 Å². The van der Waals surface area contributed by atoms with Gasteiger partial charge in [-0.25, -0.2) is 9.59 Å². The number of carbonyl (C=O) groups excluding carboxylic acids is 1. The van der Waals surface area contributed by atoms with Crippen LogP contribution in [0.2, 0.25) is 0 Å². The molecule has 1 aromatic rings. The number of benzene rings is 1. The van der Waals surface area contributed by atoms with E-state index in [1.165, 1.54) is 0 Å². The zero-order chi connectivity index (χ0) is 14.4. The van der Waals surface area contributed by atoms with Gasteiger partial charge in [0.05, 0.1) is 0 Å². The van der Waals surface area contributed by atoms with Crippen molar-refractivity contribution in [1.29, 1.82) is 0 Å². The maximum Gasteiger partial charge on any atom is 0.326 e. The number of aryl methyl sites for hydroxylation is 1. The summed E-state index contributed by atoms with van der Waals surface area (Å²) in [6.07, 6.45) is 1.09. The maximum atomic E-state index is 11.7. The van der Waals surface area contributed by atoms with E-state index in [4.69, 9.17) is 5.11 Å². The number of anilines is 1. The van der Waals surface area contributed by atoms with E-state index in [0.717, 1.165) is 10.0 Å². The van der Waals surface area contributed by atoms with Gasteiger partial charge in [-0.3, -0.25) is 0 Å². The van der Waals surface area contributed by atoms with Crippen LogP contribution in [0.5, 0.6) is 0 Å². The van der Waals surface area contributed by atoms with E-state index in [-0.39, 0.29) is 0 Å². The molecule has 0 aliphatic carbocycles. The van der Waals surface area contributed by atoms with E-state index >= 15 is 0 Å². The number of hydrogen-bond donors (Lipinski definition) is 3. The van der Waals surface area contributed by atoms with Gasteiger partial charge in [-0.05, 0) is 37.1 Å². The molecule has 0 aliphatic rings. The minimum Gasteiger partial charge on any atom is -0.480 e. The summed E-state index contributed by atoms with van der Waals surface area (Å²) in [5.41, 5.74) is 1.61. The van der Waals surface area contributed by atoms with E-state index in [9.17, 15) is 9.59 Å². The Morgan fingerprint density at radius 2 is 2.11 bits per heavy atom. The standard InChI is InChI=1S/C13H17BrN2O3/c1-3-4-11(12(17)18)16-13(19)15-9-5-6-10(14)8(2)7-9/h5-7,11H,3-4H2,1-2H3,(H,17,18)(H2,15,16,19)/t11-/m1/s1. The van der Waals surface area contributed by atoms with Crippen LogP contribution in [0.1, 0.15) is 25.3 Å². The Morgan fingerprint density at radius 1 is 1.42 bits per heavy atom. The zero-order valence-electron chi connectivity index (χ0n) is 10.9. The van der Waals surface area contributed by atoms with Crippen LogP contribution in [0.4, 0.5) is 10.5 Å². The normalized spacial score (nSPS) is 11.7. The molecule has 0 heterocycles. The fourth-order valence-electron chi connectivity index (χ4n) is 1.59. The van der Waals surface area contributed by atoms with Gasteiger partial charge in [0.2, 0.25) is 0 Å². The number of carbonyl (C=O) groups is 2. The van der Waals surface area contributed by atoms with Gasteiger partial charge in [0.25, 0.3) is 0 Å². The molecule has 0 aliphatic heterocycles. The van der Waals surface area contributed by atoms with Crippen molar-refractivity contribution in [3.05, 3.63) is 28.2 Å². The minimum atomic E-state index is -1.02. The summed E-state index contributed by atoms with van der Waals surface area (Å²) in [7, 11) is 0. The number of aliphatic carboxylic acids is 1. The van der Waals surface area contributed by atoms with E-state index < -0.39 is 18.0 Å². The predicted octanol–water partition coefficient (Wildman–Crippen LogP) is 3.13. The van der Waals surface area contributed by atoms with Crippen molar-refractivity contribution in [2.75, 3.05) is 5.32 Å². The number of hydrogen-bond acceptors (Lipinski definition) is 2. The van der Waals surface area contributed by atoms with Crippen molar-refractivity contribution in [3.63, 3.8) is 0 Å². The van der Waals surface area contributed by atoms with Crippen molar-refractivity contribution in [2.45, 2.75) is 32.7 Å². The summed E-state index contributed by atoms with van der Waals surface area (Å²) in [5.74, 6) is -1.02. The summed E-state index contributed by atoms with van der Waals surface area (Å²) in [5, 5.41) is 14.0. The molecule has 3 N–H and O–H groups in total. The summed E-state index contributed by atoms with van der Waals surface area (Å²) in [4.78, 5) is 22.6. The fraction of sp³-hybridized carbons (Fsp3) is 0.385. The van der Waals surface area contributed by atoms with Crippen molar-refractivity contribution in [3.8, 4) is 0 Å². The Kier molecular flexibility index (Phi) is 5.82. The molecule has 1 aromatic carbocycles. The third-order valence-electron chi connectivity index (χ3n) is 2.60. The lowest BCUT2D eigenvalue weighted by Gasteiger charge is -2.14. The first kappa shape index (κ1) is 15.5. The molecule has 0 spiro atoms. The van der Waals surface area contributed by atoms with Crippen LogP contribution in [-0.2, 0) is 4.79 Å². The molecule has 0 unspecified atom stereocenters. The van der Waals surface area contributed by atoms with E-state index in [1.54, 1.807) is 12.1 Å². The maximum absolute atomic E-state index is 11.7. The highest BCUT2D eigenvalue weighted by atomic mass is 79.9. The van der Waals surface area contributed by atoms with Gasteiger partial charge in [-0.2, -0.15) is 0 Å². The largest absolute Gasteiger partial charge is 0.480 e. The average Bonchev–Trinajstić information content (AvgIpc) is 2.33. The number of halogens is 1. The lowest BCUT2D eigenvalue weighted by Crippen LogP contribution is -2.42. The molecule has 0 radical (unpaired) electrons. The molecule has 104 valence electrons. The Bertz CT molecular complexity index is 477. The molecule has 0 aromatic heterocycles. The second kappa shape index (κ2) is 7.13. The lowest BCUT2D eigenvalue weighted by atomic mass is 10.2. The van der Waals surface area contributed by atoms with Gasteiger partial charge < -0.3 is 15.7 Å². The zero-order valence-corrected chi connectivity index (χ0v) is 12.5. The van der Waals surface area contributed by atoms with Crippen LogP contribution >= 0.6 is 15.9 Å². The third kappa shape index (κ3) is 4.90. The molecule has 0 fully saturated rings. The van der Waals surface area contributed by atoms with E-state index in [1.807, 2.05) is 19.9 Å². The highest BCUT2D eigenvalue weighted by molar-refractivity contribution is 9.10. The summed E-state index contributed by atoms with van der Waals surface area (Å²) < 4.78 is 0.952. The van der Waals surface area contributed by atoms with Crippen molar-refractivity contribution >= 4 is 33.6 Å². The van der Waals surface area contributed by atoms with Gasteiger partial charge in [0, 0.05) is 10.2 Å². The van der Waals surface area contributed by atoms with Gasteiger partial charge >= 0.3 is 12.0 Å². The SMILES string of the molecule is CCC[C@@H](NC(=O)Nc1ccc(Br)c(C)c1)C(=O)O. The van der Waals surface area contributed by atoms with E-state index in [2.05, 4.69) is 26.6 Å². The summed E-state index contributed by atoms with van der Waals surface area (Å²) in [6, 6.07) is 4.00. The molecule has 0 saturated carbocycles. The molecule has 2 amide bonds. The van der Waals surface area contributed by atoms with E-state index in [0.29, 0.717) is 18.5 Å². The number of carboxylic acids is 1.